The molecular weight excluding hydrogens is 230 g/mol. The van der Waals surface area contributed by atoms with Crippen LogP contribution in [0.15, 0.2) is 0 Å². The van der Waals surface area contributed by atoms with Crippen LogP contribution in [0.5, 0.6) is 0 Å². The second-order valence-corrected chi connectivity index (χ2v) is 6.19. The van der Waals surface area contributed by atoms with Crippen LogP contribution in [0.4, 0.5) is 0 Å². The molecule has 0 saturated carbocycles. The molecule has 0 aromatic carbocycles. The molecule has 0 saturated heterocycles. The van der Waals surface area contributed by atoms with E-state index < -0.39 is 0 Å². The lowest BCUT2D eigenvalue weighted by Crippen LogP contribution is -2.34. The molecule has 0 fully saturated rings. The Morgan fingerprint density at radius 1 is 0.684 bits per heavy atom. The van der Waals surface area contributed by atoms with Crippen molar-refractivity contribution in [3.8, 4) is 0 Å². The lowest BCUT2D eigenvalue weighted by atomic mass is 9.92. The van der Waals surface area contributed by atoms with Crippen molar-refractivity contribution in [2.75, 3.05) is 6.54 Å². The van der Waals surface area contributed by atoms with E-state index in [1.807, 2.05) is 0 Å². The average Bonchev–Trinajstić information content (AvgIpc) is 2.40. The van der Waals surface area contributed by atoms with Gasteiger partial charge in [0.15, 0.2) is 0 Å². The summed E-state index contributed by atoms with van der Waals surface area (Å²) in [5.74, 6) is 0.842. The van der Waals surface area contributed by atoms with Crippen LogP contribution in [-0.2, 0) is 0 Å². The smallest absolute Gasteiger partial charge is 0.00925 e. The van der Waals surface area contributed by atoms with E-state index in [0.717, 1.165) is 18.5 Å². The van der Waals surface area contributed by atoms with Gasteiger partial charge in [-0.25, -0.2) is 0 Å². The van der Waals surface area contributed by atoms with Crippen LogP contribution >= 0.6 is 0 Å². The molecule has 0 aromatic heterocycles. The molecule has 1 nitrogen and oxygen atoms in total. The molecule has 0 amide bonds. The van der Waals surface area contributed by atoms with E-state index >= 15 is 0 Å². The average molecular weight is 270 g/mol. The predicted octanol–water partition coefficient (Wildman–Crippen LogP) is 5.93. The quantitative estimate of drug-likeness (QED) is 0.385. The van der Waals surface area contributed by atoms with Crippen molar-refractivity contribution in [3.63, 3.8) is 0 Å². The van der Waals surface area contributed by atoms with Crippen molar-refractivity contribution >= 4 is 0 Å². The third kappa shape index (κ3) is 11.5. The van der Waals surface area contributed by atoms with Crippen molar-refractivity contribution in [2.45, 2.75) is 104 Å². The highest BCUT2D eigenvalue weighted by Gasteiger charge is 2.14. The molecule has 0 aliphatic rings. The molecule has 0 aliphatic heterocycles. The molecule has 2 atom stereocenters. The molecule has 0 aliphatic carbocycles. The fourth-order valence-electron chi connectivity index (χ4n) is 3.00. The lowest BCUT2D eigenvalue weighted by Gasteiger charge is -2.24. The van der Waals surface area contributed by atoms with Gasteiger partial charge in [-0.15, -0.1) is 0 Å². The SMILES string of the molecule is CCCCCCCCCCC(NCC)C(C)CCC. The second kappa shape index (κ2) is 14.4. The van der Waals surface area contributed by atoms with Gasteiger partial charge in [0, 0.05) is 6.04 Å². The maximum absolute atomic E-state index is 3.69. The molecule has 0 spiro atoms. The Balaban J connectivity index is 3.52. The molecule has 19 heavy (non-hydrogen) atoms. The van der Waals surface area contributed by atoms with Gasteiger partial charge in [0.25, 0.3) is 0 Å². The largest absolute Gasteiger partial charge is 0.314 e. The molecule has 0 aromatic rings. The van der Waals surface area contributed by atoms with Crippen LogP contribution in [0.1, 0.15) is 98.3 Å². The Labute approximate surface area is 122 Å². The number of hydrogen-bond donors (Lipinski definition) is 1. The zero-order chi connectivity index (χ0) is 14.3. The first-order valence-corrected chi connectivity index (χ1v) is 8.99. The van der Waals surface area contributed by atoms with E-state index in [4.69, 9.17) is 0 Å². The first-order chi connectivity index (χ1) is 9.26. The van der Waals surface area contributed by atoms with Gasteiger partial charge in [0.1, 0.15) is 0 Å². The van der Waals surface area contributed by atoms with Gasteiger partial charge in [-0.2, -0.15) is 0 Å². The first kappa shape index (κ1) is 19.0. The molecule has 0 heterocycles. The van der Waals surface area contributed by atoms with Gasteiger partial charge in [-0.1, -0.05) is 85.5 Å². The third-order valence-electron chi connectivity index (χ3n) is 4.27. The second-order valence-electron chi connectivity index (χ2n) is 6.19. The molecule has 1 heteroatoms. The standard InChI is InChI=1S/C18H39N/c1-5-8-9-10-11-12-13-14-16-18(19-7-3)17(4)15-6-2/h17-19H,5-16H2,1-4H3. The van der Waals surface area contributed by atoms with Crippen LogP contribution < -0.4 is 5.32 Å². The van der Waals surface area contributed by atoms with Crippen molar-refractivity contribution in [1.82, 2.24) is 5.32 Å². The van der Waals surface area contributed by atoms with Gasteiger partial charge < -0.3 is 5.32 Å². The maximum atomic E-state index is 3.69. The van der Waals surface area contributed by atoms with Crippen molar-refractivity contribution in [1.29, 1.82) is 0 Å². The molecule has 116 valence electrons. The van der Waals surface area contributed by atoms with Crippen LogP contribution in [0.25, 0.3) is 0 Å². The monoisotopic (exact) mass is 269 g/mol. The fourth-order valence-corrected chi connectivity index (χ4v) is 3.00. The highest BCUT2D eigenvalue weighted by atomic mass is 14.9. The highest BCUT2D eigenvalue weighted by Crippen LogP contribution is 2.17. The minimum atomic E-state index is 0.755. The van der Waals surface area contributed by atoms with Gasteiger partial charge in [-0.3, -0.25) is 0 Å². The van der Waals surface area contributed by atoms with E-state index in [2.05, 4.69) is 33.0 Å². The first-order valence-electron chi connectivity index (χ1n) is 8.99. The highest BCUT2D eigenvalue weighted by molar-refractivity contribution is 4.72. The number of unbranched alkanes of at least 4 members (excludes halogenated alkanes) is 7. The predicted molar refractivity (Wildman–Crippen MR) is 88.8 cm³/mol. The van der Waals surface area contributed by atoms with Crippen LogP contribution in [0.2, 0.25) is 0 Å². The summed E-state index contributed by atoms with van der Waals surface area (Å²) in [4.78, 5) is 0. The molecule has 0 rings (SSSR count). The zero-order valence-electron chi connectivity index (χ0n) is 14.1. The van der Waals surface area contributed by atoms with Crippen LogP contribution in [-0.4, -0.2) is 12.6 Å². The lowest BCUT2D eigenvalue weighted by molar-refractivity contribution is 0.332. The summed E-state index contributed by atoms with van der Waals surface area (Å²) in [6.45, 7) is 10.4. The van der Waals surface area contributed by atoms with Gasteiger partial charge >= 0.3 is 0 Å². The summed E-state index contributed by atoms with van der Waals surface area (Å²) < 4.78 is 0. The summed E-state index contributed by atoms with van der Waals surface area (Å²) in [6.07, 6.45) is 15.5. The Kier molecular flexibility index (Phi) is 14.3. The summed E-state index contributed by atoms with van der Waals surface area (Å²) in [6, 6.07) is 0.755. The van der Waals surface area contributed by atoms with Gasteiger partial charge in [0.2, 0.25) is 0 Å². The molecular formula is C18H39N. The van der Waals surface area contributed by atoms with Gasteiger partial charge in [-0.05, 0) is 25.3 Å². The Hall–Kier alpha value is -0.0400. The van der Waals surface area contributed by atoms with E-state index in [1.165, 1.54) is 70.6 Å². The summed E-state index contributed by atoms with van der Waals surface area (Å²) in [7, 11) is 0. The summed E-state index contributed by atoms with van der Waals surface area (Å²) in [5.41, 5.74) is 0. The topological polar surface area (TPSA) is 12.0 Å². The maximum Gasteiger partial charge on any atom is 0.00925 e. The Bertz CT molecular complexity index is 167. The number of hydrogen-bond acceptors (Lipinski definition) is 1. The van der Waals surface area contributed by atoms with Crippen LogP contribution in [0.3, 0.4) is 0 Å². The Morgan fingerprint density at radius 2 is 1.26 bits per heavy atom. The Morgan fingerprint density at radius 3 is 1.79 bits per heavy atom. The normalized spacial score (nSPS) is 14.5. The zero-order valence-corrected chi connectivity index (χ0v) is 14.1. The van der Waals surface area contributed by atoms with E-state index in [9.17, 15) is 0 Å². The van der Waals surface area contributed by atoms with E-state index in [1.54, 1.807) is 0 Å². The summed E-state index contributed by atoms with van der Waals surface area (Å²) >= 11 is 0. The van der Waals surface area contributed by atoms with Crippen molar-refractivity contribution in [3.05, 3.63) is 0 Å². The molecule has 0 radical (unpaired) electrons. The minimum absolute atomic E-state index is 0.755. The van der Waals surface area contributed by atoms with Gasteiger partial charge in [0.05, 0.1) is 0 Å². The van der Waals surface area contributed by atoms with E-state index in [0.29, 0.717) is 0 Å². The summed E-state index contributed by atoms with van der Waals surface area (Å²) in [5, 5.41) is 3.69. The third-order valence-corrected chi connectivity index (χ3v) is 4.27. The molecule has 1 N–H and O–H groups in total. The fraction of sp³-hybridized carbons (Fsp3) is 1.00. The van der Waals surface area contributed by atoms with E-state index in [-0.39, 0.29) is 0 Å². The number of nitrogens with one attached hydrogen (secondary N) is 1. The van der Waals surface area contributed by atoms with Crippen LogP contribution in [0, 0.1) is 5.92 Å². The number of rotatable bonds is 14. The molecule has 0 bridgehead atoms. The van der Waals surface area contributed by atoms with Crippen molar-refractivity contribution < 1.29 is 0 Å². The van der Waals surface area contributed by atoms with Crippen molar-refractivity contribution in [2.24, 2.45) is 5.92 Å². The molecule has 2 unspecified atom stereocenters. The minimum Gasteiger partial charge on any atom is -0.314 e.